The van der Waals surface area contributed by atoms with Gasteiger partial charge in [0.2, 0.25) is 0 Å². The topological polar surface area (TPSA) is 24.1 Å². The standard InChI is InChI=1S/C15H30N2/c1-4-13-5-8-17-14(9-13)10-16-11-15(6-7-15)12(2)3/h12-14,16-17H,4-11H2,1-3H3. The summed E-state index contributed by atoms with van der Waals surface area (Å²) in [5.74, 6) is 1.81. The molecule has 0 bridgehead atoms. The molecule has 2 atom stereocenters. The molecule has 1 aliphatic carbocycles. The van der Waals surface area contributed by atoms with Gasteiger partial charge in [-0.3, -0.25) is 0 Å². The molecule has 1 aliphatic heterocycles. The van der Waals surface area contributed by atoms with Crippen molar-refractivity contribution >= 4 is 0 Å². The van der Waals surface area contributed by atoms with Crippen molar-refractivity contribution in [2.45, 2.75) is 58.9 Å². The molecule has 2 fully saturated rings. The summed E-state index contributed by atoms with van der Waals surface area (Å²) in [7, 11) is 0. The first-order valence-corrected chi connectivity index (χ1v) is 7.60. The van der Waals surface area contributed by atoms with Gasteiger partial charge < -0.3 is 10.6 Å². The predicted octanol–water partition coefficient (Wildman–Crippen LogP) is 2.79. The van der Waals surface area contributed by atoms with Crippen LogP contribution in [0.1, 0.15) is 52.9 Å². The molecule has 0 aromatic carbocycles. The first-order valence-electron chi connectivity index (χ1n) is 7.60. The molecule has 0 aromatic rings. The van der Waals surface area contributed by atoms with Crippen molar-refractivity contribution in [3.63, 3.8) is 0 Å². The minimum atomic E-state index is 0.652. The highest BCUT2D eigenvalue weighted by molar-refractivity contribution is 4.97. The van der Waals surface area contributed by atoms with Crippen molar-refractivity contribution in [2.75, 3.05) is 19.6 Å². The van der Waals surface area contributed by atoms with Crippen molar-refractivity contribution in [3.8, 4) is 0 Å². The summed E-state index contributed by atoms with van der Waals surface area (Å²) in [6, 6.07) is 0.719. The first-order chi connectivity index (χ1) is 8.16. The number of hydrogen-bond acceptors (Lipinski definition) is 2. The molecule has 2 aliphatic rings. The quantitative estimate of drug-likeness (QED) is 0.743. The Kier molecular flexibility index (Phi) is 4.48. The van der Waals surface area contributed by atoms with Gasteiger partial charge in [-0.25, -0.2) is 0 Å². The summed E-state index contributed by atoms with van der Waals surface area (Å²) in [5, 5.41) is 7.38. The van der Waals surface area contributed by atoms with Crippen LogP contribution in [0, 0.1) is 17.3 Å². The zero-order chi connectivity index (χ0) is 12.3. The van der Waals surface area contributed by atoms with Crippen molar-refractivity contribution < 1.29 is 0 Å². The molecule has 1 saturated carbocycles. The van der Waals surface area contributed by atoms with Gasteiger partial charge in [0.05, 0.1) is 0 Å². The molecule has 2 nitrogen and oxygen atoms in total. The average Bonchev–Trinajstić information content (AvgIpc) is 3.11. The fourth-order valence-electron chi connectivity index (χ4n) is 3.24. The molecular weight excluding hydrogens is 208 g/mol. The van der Waals surface area contributed by atoms with E-state index in [-0.39, 0.29) is 0 Å². The largest absolute Gasteiger partial charge is 0.315 e. The molecule has 2 rings (SSSR count). The van der Waals surface area contributed by atoms with Crippen LogP contribution in [0.25, 0.3) is 0 Å². The lowest BCUT2D eigenvalue weighted by Crippen LogP contribution is -2.45. The van der Waals surface area contributed by atoms with E-state index in [9.17, 15) is 0 Å². The molecule has 2 N–H and O–H groups in total. The van der Waals surface area contributed by atoms with Crippen LogP contribution in [-0.4, -0.2) is 25.7 Å². The lowest BCUT2D eigenvalue weighted by Gasteiger charge is -2.31. The third kappa shape index (κ3) is 3.45. The Bertz CT molecular complexity index is 233. The van der Waals surface area contributed by atoms with Gasteiger partial charge in [0, 0.05) is 19.1 Å². The number of nitrogens with one attached hydrogen (secondary N) is 2. The highest BCUT2D eigenvalue weighted by Crippen LogP contribution is 2.51. The number of hydrogen-bond donors (Lipinski definition) is 2. The van der Waals surface area contributed by atoms with Gasteiger partial charge in [0.25, 0.3) is 0 Å². The Morgan fingerprint density at radius 3 is 2.71 bits per heavy atom. The van der Waals surface area contributed by atoms with Gasteiger partial charge in [-0.15, -0.1) is 0 Å². The summed E-state index contributed by atoms with van der Waals surface area (Å²) in [5.41, 5.74) is 0.652. The zero-order valence-electron chi connectivity index (χ0n) is 11.9. The zero-order valence-corrected chi connectivity index (χ0v) is 11.9. The molecule has 1 heterocycles. The van der Waals surface area contributed by atoms with E-state index in [0.717, 1.165) is 17.9 Å². The van der Waals surface area contributed by atoms with Crippen LogP contribution >= 0.6 is 0 Å². The second-order valence-corrected chi connectivity index (χ2v) is 6.60. The highest BCUT2D eigenvalue weighted by Gasteiger charge is 2.44. The maximum absolute atomic E-state index is 3.72. The van der Waals surface area contributed by atoms with Gasteiger partial charge in [0.1, 0.15) is 0 Å². The van der Waals surface area contributed by atoms with Gasteiger partial charge in [-0.05, 0) is 49.5 Å². The highest BCUT2D eigenvalue weighted by atomic mass is 15.0. The van der Waals surface area contributed by atoms with Gasteiger partial charge in [0.15, 0.2) is 0 Å². The van der Waals surface area contributed by atoms with E-state index < -0.39 is 0 Å². The first kappa shape index (κ1) is 13.4. The third-order valence-corrected chi connectivity index (χ3v) is 5.17. The Balaban J connectivity index is 1.65. The molecule has 2 heteroatoms. The van der Waals surface area contributed by atoms with Crippen LogP contribution in [0.15, 0.2) is 0 Å². The van der Waals surface area contributed by atoms with E-state index in [1.54, 1.807) is 0 Å². The van der Waals surface area contributed by atoms with Gasteiger partial charge in [-0.2, -0.15) is 0 Å². The number of rotatable bonds is 6. The normalized spacial score (nSPS) is 31.8. The van der Waals surface area contributed by atoms with E-state index in [4.69, 9.17) is 0 Å². The van der Waals surface area contributed by atoms with Crippen LogP contribution < -0.4 is 10.6 Å². The number of piperidine rings is 1. The minimum absolute atomic E-state index is 0.652. The molecule has 2 unspecified atom stereocenters. The van der Waals surface area contributed by atoms with E-state index in [1.807, 2.05) is 0 Å². The maximum Gasteiger partial charge on any atom is 0.0195 e. The molecular formula is C15H30N2. The minimum Gasteiger partial charge on any atom is -0.315 e. The Morgan fingerprint density at radius 1 is 1.35 bits per heavy atom. The van der Waals surface area contributed by atoms with Gasteiger partial charge >= 0.3 is 0 Å². The second-order valence-electron chi connectivity index (χ2n) is 6.60. The van der Waals surface area contributed by atoms with Crippen molar-refractivity contribution in [1.82, 2.24) is 10.6 Å². The third-order valence-electron chi connectivity index (χ3n) is 5.17. The van der Waals surface area contributed by atoms with Crippen LogP contribution in [0.5, 0.6) is 0 Å². The van der Waals surface area contributed by atoms with Crippen molar-refractivity contribution in [3.05, 3.63) is 0 Å². The fourth-order valence-corrected chi connectivity index (χ4v) is 3.24. The molecule has 0 amide bonds. The maximum atomic E-state index is 3.72. The Hall–Kier alpha value is -0.0800. The molecule has 100 valence electrons. The van der Waals surface area contributed by atoms with Crippen LogP contribution in [0.3, 0.4) is 0 Å². The Morgan fingerprint density at radius 2 is 2.12 bits per heavy atom. The summed E-state index contributed by atoms with van der Waals surface area (Å²) in [6.45, 7) is 10.7. The molecule has 17 heavy (non-hydrogen) atoms. The lowest BCUT2D eigenvalue weighted by atomic mass is 9.89. The van der Waals surface area contributed by atoms with E-state index in [1.165, 1.54) is 51.7 Å². The second kappa shape index (κ2) is 5.71. The van der Waals surface area contributed by atoms with Crippen LogP contribution in [-0.2, 0) is 0 Å². The molecule has 0 aromatic heterocycles. The van der Waals surface area contributed by atoms with Crippen LogP contribution in [0.4, 0.5) is 0 Å². The average molecular weight is 238 g/mol. The van der Waals surface area contributed by atoms with Crippen molar-refractivity contribution in [1.29, 1.82) is 0 Å². The van der Waals surface area contributed by atoms with Crippen LogP contribution in [0.2, 0.25) is 0 Å². The summed E-state index contributed by atoms with van der Waals surface area (Å²) >= 11 is 0. The predicted molar refractivity (Wildman–Crippen MR) is 74.2 cm³/mol. The summed E-state index contributed by atoms with van der Waals surface area (Å²) in [6.07, 6.45) is 6.98. The monoisotopic (exact) mass is 238 g/mol. The van der Waals surface area contributed by atoms with E-state index in [0.29, 0.717) is 5.41 Å². The SMILES string of the molecule is CCC1CCNC(CNCC2(C(C)C)CC2)C1. The van der Waals surface area contributed by atoms with E-state index >= 15 is 0 Å². The molecule has 0 radical (unpaired) electrons. The summed E-state index contributed by atoms with van der Waals surface area (Å²) < 4.78 is 0. The summed E-state index contributed by atoms with van der Waals surface area (Å²) in [4.78, 5) is 0. The van der Waals surface area contributed by atoms with Gasteiger partial charge in [-0.1, -0.05) is 27.2 Å². The van der Waals surface area contributed by atoms with Crippen molar-refractivity contribution in [2.24, 2.45) is 17.3 Å². The molecule has 0 spiro atoms. The lowest BCUT2D eigenvalue weighted by molar-refractivity contribution is 0.273. The molecule has 1 saturated heterocycles. The Labute approximate surface area is 107 Å². The fraction of sp³-hybridized carbons (Fsp3) is 1.00. The van der Waals surface area contributed by atoms with E-state index in [2.05, 4.69) is 31.4 Å². The smallest absolute Gasteiger partial charge is 0.0195 e.